The van der Waals surface area contributed by atoms with Gasteiger partial charge in [-0.1, -0.05) is 11.3 Å². The second-order valence-corrected chi connectivity index (χ2v) is 4.12. The van der Waals surface area contributed by atoms with Crippen molar-refractivity contribution in [1.82, 2.24) is 15.5 Å². The molecule has 2 N–H and O–H groups in total. The van der Waals surface area contributed by atoms with Crippen LogP contribution in [-0.2, 0) is 0 Å². The Balaban J connectivity index is 2.50. The summed E-state index contributed by atoms with van der Waals surface area (Å²) in [5.41, 5.74) is 0. The molecule has 0 radical (unpaired) electrons. The Kier molecular flexibility index (Phi) is 3.89. The first-order chi connectivity index (χ1) is 6.94. The van der Waals surface area contributed by atoms with Crippen molar-refractivity contribution < 1.29 is 18.7 Å². The monoisotopic (exact) mass is 257 g/mol. The molecule has 0 aromatic carbocycles. The van der Waals surface area contributed by atoms with Gasteiger partial charge in [-0.15, -0.1) is 10.2 Å². The Morgan fingerprint density at radius 2 is 2.27 bits per heavy atom. The molecule has 84 valence electrons. The van der Waals surface area contributed by atoms with E-state index in [2.05, 4.69) is 10.2 Å². The standard InChI is InChI=1S/C6H6ClF2N3O2S/c7-5-12-11-4(15-5)3(14)10-1-6(8,9)2-13/h13H,1-2H2,(H,10,14). The maximum absolute atomic E-state index is 12.5. The average Bonchev–Trinajstić information content (AvgIpc) is 2.61. The summed E-state index contributed by atoms with van der Waals surface area (Å²) in [6.45, 7) is -2.29. The van der Waals surface area contributed by atoms with Gasteiger partial charge in [0.2, 0.25) is 9.47 Å². The van der Waals surface area contributed by atoms with E-state index in [1.54, 1.807) is 0 Å². The fourth-order valence-corrected chi connectivity index (χ4v) is 1.38. The van der Waals surface area contributed by atoms with Crippen LogP contribution in [0.4, 0.5) is 8.78 Å². The van der Waals surface area contributed by atoms with Gasteiger partial charge in [-0.05, 0) is 11.6 Å². The summed E-state index contributed by atoms with van der Waals surface area (Å²) in [5, 5.41) is 16.7. The summed E-state index contributed by atoms with van der Waals surface area (Å²) >= 11 is 6.18. The molecule has 1 aromatic rings. The summed E-state index contributed by atoms with van der Waals surface area (Å²) < 4.78 is 25.1. The molecule has 1 aromatic heterocycles. The van der Waals surface area contributed by atoms with E-state index in [1.165, 1.54) is 0 Å². The predicted molar refractivity (Wildman–Crippen MR) is 49.3 cm³/mol. The molecule has 1 heterocycles. The highest BCUT2D eigenvalue weighted by atomic mass is 35.5. The Morgan fingerprint density at radius 1 is 1.60 bits per heavy atom. The van der Waals surface area contributed by atoms with Crippen molar-refractivity contribution in [2.24, 2.45) is 0 Å². The largest absolute Gasteiger partial charge is 0.390 e. The van der Waals surface area contributed by atoms with Gasteiger partial charge >= 0.3 is 0 Å². The van der Waals surface area contributed by atoms with Crippen molar-refractivity contribution in [2.75, 3.05) is 13.2 Å². The summed E-state index contributed by atoms with van der Waals surface area (Å²) in [6.07, 6.45) is 0. The number of halogens is 3. The van der Waals surface area contributed by atoms with E-state index in [9.17, 15) is 13.6 Å². The Morgan fingerprint density at radius 3 is 2.73 bits per heavy atom. The number of nitrogens with one attached hydrogen (secondary N) is 1. The summed E-state index contributed by atoms with van der Waals surface area (Å²) in [5.74, 6) is -4.14. The number of carbonyl (C=O) groups is 1. The van der Waals surface area contributed by atoms with Crippen molar-refractivity contribution in [1.29, 1.82) is 0 Å². The van der Waals surface area contributed by atoms with E-state index >= 15 is 0 Å². The van der Waals surface area contributed by atoms with Gasteiger partial charge in [0.15, 0.2) is 0 Å². The molecule has 0 saturated heterocycles. The highest BCUT2D eigenvalue weighted by Gasteiger charge is 2.28. The number of aromatic nitrogens is 2. The molecular formula is C6H6ClF2N3O2S. The number of hydrogen-bond acceptors (Lipinski definition) is 5. The first-order valence-corrected chi connectivity index (χ1v) is 4.90. The molecule has 0 spiro atoms. The van der Waals surface area contributed by atoms with Crippen LogP contribution in [0.3, 0.4) is 0 Å². The smallest absolute Gasteiger partial charge is 0.287 e. The molecule has 0 fully saturated rings. The molecule has 0 aliphatic rings. The van der Waals surface area contributed by atoms with E-state index in [4.69, 9.17) is 16.7 Å². The molecule has 1 rings (SSSR count). The number of aliphatic hydroxyl groups is 1. The van der Waals surface area contributed by atoms with Crippen molar-refractivity contribution in [3.8, 4) is 0 Å². The van der Waals surface area contributed by atoms with E-state index < -0.39 is 25.0 Å². The van der Waals surface area contributed by atoms with E-state index in [0.29, 0.717) is 0 Å². The lowest BCUT2D eigenvalue weighted by Gasteiger charge is -2.12. The normalized spacial score (nSPS) is 11.5. The lowest BCUT2D eigenvalue weighted by atomic mass is 10.3. The summed E-state index contributed by atoms with van der Waals surface area (Å²) in [6, 6.07) is 0. The third-order valence-electron chi connectivity index (χ3n) is 1.33. The highest BCUT2D eigenvalue weighted by molar-refractivity contribution is 7.17. The molecule has 0 aliphatic carbocycles. The number of alkyl halides is 2. The first-order valence-electron chi connectivity index (χ1n) is 3.70. The molecule has 0 bridgehead atoms. The first kappa shape index (κ1) is 12.2. The number of rotatable bonds is 4. The molecule has 5 nitrogen and oxygen atoms in total. The minimum absolute atomic E-state index is 0.0501. The number of nitrogens with zero attached hydrogens (tertiary/aromatic N) is 2. The molecule has 1 amide bonds. The fourth-order valence-electron chi connectivity index (χ4n) is 0.638. The van der Waals surface area contributed by atoms with Crippen molar-refractivity contribution in [3.05, 3.63) is 9.47 Å². The molecule has 0 atom stereocenters. The maximum Gasteiger partial charge on any atom is 0.287 e. The van der Waals surface area contributed by atoms with Crippen LogP contribution in [0.5, 0.6) is 0 Å². The van der Waals surface area contributed by atoms with Crippen LogP contribution in [0, 0.1) is 0 Å². The van der Waals surface area contributed by atoms with Gasteiger partial charge in [0.1, 0.15) is 6.61 Å². The summed E-state index contributed by atoms with van der Waals surface area (Å²) in [7, 11) is 0. The summed E-state index contributed by atoms with van der Waals surface area (Å²) in [4.78, 5) is 11.1. The molecule has 0 unspecified atom stereocenters. The van der Waals surface area contributed by atoms with E-state index in [0.717, 1.165) is 11.3 Å². The van der Waals surface area contributed by atoms with Gasteiger partial charge < -0.3 is 10.4 Å². The zero-order valence-electron chi connectivity index (χ0n) is 7.21. The zero-order chi connectivity index (χ0) is 11.5. The lowest BCUT2D eigenvalue weighted by molar-refractivity contribution is -0.0462. The van der Waals surface area contributed by atoms with Crippen LogP contribution >= 0.6 is 22.9 Å². The van der Waals surface area contributed by atoms with Gasteiger partial charge in [0, 0.05) is 0 Å². The Bertz CT molecular complexity index is 360. The van der Waals surface area contributed by atoms with Crippen molar-refractivity contribution in [2.45, 2.75) is 5.92 Å². The zero-order valence-corrected chi connectivity index (χ0v) is 8.78. The molecule has 9 heteroatoms. The van der Waals surface area contributed by atoms with Gasteiger partial charge in [-0.3, -0.25) is 4.79 Å². The fraction of sp³-hybridized carbons (Fsp3) is 0.500. The maximum atomic E-state index is 12.5. The van der Waals surface area contributed by atoms with Crippen LogP contribution < -0.4 is 5.32 Å². The van der Waals surface area contributed by atoms with Crippen molar-refractivity contribution in [3.63, 3.8) is 0 Å². The van der Waals surface area contributed by atoms with Crippen LogP contribution in [0.25, 0.3) is 0 Å². The van der Waals surface area contributed by atoms with Crippen LogP contribution in [0.1, 0.15) is 9.80 Å². The number of amides is 1. The second-order valence-electron chi connectivity index (χ2n) is 2.56. The number of carbonyl (C=O) groups excluding carboxylic acids is 1. The topological polar surface area (TPSA) is 75.1 Å². The Labute approximate surface area is 92.1 Å². The minimum atomic E-state index is -3.34. The third kappa shape index (κ3) is 3.65. The van der Waals surface area contributed by atoms with Gasteiger partial charge in [-0.25, -0.2) is 8.78 Å². The van der Waals surface area contributed by atoms with Crippen molar-refractivity contribution >= 4 is 28.8 Å². The molecular weight excluding hydrogens is 252 g/mol. The van der Waals surface area contributed by atoms with Crippen LogP contribution in [0.15, 0.2) is 0 Å². The van der Waals surface area contributed by atoms with Gasteiger partial charge in [0.25, 0.3) is 11.8 Å². The minimum Gasteiger partial charge on any atom is -0.390 e. The third-order valence-corrected chi connectivity index (χ3v) is 2.35. The molecule has 15 heavy (non-hydrogen) atoms. The average molecular weight is 258 g/mol. The van der Waals surface area contributed by atoms with E-state index in [-0.39, 0.29) is 9.47 Å². The van der Waals surface area contributed by atoms with E-state index in [1.807, 2.05) is 5.32 Å². The van der Waals surface area contributed by atoms with Gasteiger partial charge in [-0.2, -0.15) is 0 Å². The SMILES string of the molecule is O=C(NCC(F)(F)CO)c1nnc(Cl)s1. The predicted octanol–water partition coefficient (Wildman–Crippen LogP) is 0.549. The molecule has 0 aliphatic heterocycles. The quantitative estimate of drug-likeness (QED) is 0.826. The second kappa shape index (κ2) is 4.77. The number of aliphatic hydroxyl groups excluding tert-OH is 1. The van der Waals surface area contributed by atoms with Crippen LogP contribution in [0.2, 0.25) is 4.47 Å². The van der Waals surface area contributed by atoms with Gasteiger partial charge in [0.05, 0.1) is 6.54 Å². The highest BCUT2D eigenvalue weighted by Crippen LogP contribution is 2.15. The van der Waals surface area contributed by atoms with Crippen LogP contribution in [-0.4, -0.2) is 40.3 Å². The molecule has 0 saturated carbocycles. The number of hydrogen-bond donors (Lipinski definition) is 2. The lowest BCUT2D eigenvalue weighted by Crippen LogP contribution is -2.38. The Hall–Kier alpha value is -0.860.